The first kappa shape index (κ1) is 15.4. The summed E-state index contributed by atoms with van der Waals surface area (Å²) in [7, 11) is 0. The van der Waals surface area contributed by atoms with E-state index in [0.717, 1.165) is 37.5 Å². The van der Waals surface area contributed by atoms with Crippen LogP contribution < -0.4 is 4.90 Å². The average molecular weight is 339 g/mol. The molecule has 3 heterocycles. The molecule has 5 heteroatoms. The van der Waals surface area contributed by atoms with Crippen molar-refractivity contribution in [2.45, 2.75) is 44.4 Å². The van der Waals surface area contributed by atoms with Gasteiger partial charge in [0, 0.05) is 43.5 Å². The fourth-order valence-electron chi connectivity index (χ4n) is 4.49. The lowest BCUT2D eigenvalue weighted by atomic mass is 9.94. The summed E-state index contributed by atoms with van der Waals surface area (Å²) in [5.41, 5.74) is 2.72. The fraction of sp³-hybridized carbons (Fsp3) is 0.600. The van der Waals surface area contributed by atoms with Crippen LogP contribution in [0.2, 0.25) is 0 Å². The summed E-state index contributed by atoms with van der Waals surface area (Å²) in [4.78, 5) is 7.17. The maximum atomic E-state index is 5.60. The summed E-state index contributed by atoms with van der Waals surface area (Å²) >= 11 is 0. The van der Waals surface area contributed by atoms with Crippen molar-refractivity contribution in [1.82, 2.24) is 10.1 Å². The van der Waals surface area contributed by atoms with Crippen LogP contribution in [-0.2, 0) is 4.74 Å². The van der Waals surface area contributed by atoms with Crippen LogP contribution in [0.4, 0.5) is 5.69 Å². The van der Waals surface area contributed by atoms with Crippen molar-refractivity contribution in [2.75, 3.05) is 31.2 Å². The molecule has 0 N–H and O–H groups in total. The normalized spacial score (nSPS) is 25.3. The second-order valence-electron chi connectivity index (χ2n) is 7.78. The Morgan fingerprint density at radius 1 is 1.00 bits per heavy atom. The van der Waals surface area contributed by atoms with Gasteiger partial charge in [0.15, 0.2) is 0 Å². The summed E-state index contributed by atoms with van der Waals surface area (Å²) in [6.07, 6.45) is 7.37. The Morgan fingerprint density at radius 2 is 1.76 bits per heavy atom. The van der Waals surface area contributed by atoms with Gasteiger partial charge in [-0.25, -0.2) is 0 Å². The molecular weight excluding hydrogens is 314 g/mol. The smallest absolute Gasteiger partial charge is 0.230 e. The maximum absolute atomic E-state index is 5.60. The minimum atomic E-state index is 0.375. The van der Waals surface area contributed by atoms with Crippen LogP contribution in [0.15, 0.2) is 28.8 Å². The van der Waals surface area contributed by atoms with Gasteiger partial charge in [0.2, 0.25) is 11.7 Å². The monoisotopic (exact) mass is 339 g/mol. The molecule has 1 aromatic carbocycles. The van der Waals surface area contributed by atoms with E-state index in [-0.39, 0.29) is 0 Å². The molecule has 1 atom stereocenters. The molecule has 1 saturated carbocycles. The fourth-order valence-corrected chi connectivity index (χ4v) is 4.49. The summed E-state index contributed by atoms with van der Waals surface area (Å²) < 4.78 is 11.1. The molecular formula is C20H25N3O2. The molecule has 132 valence electrons. The highest BCUT2D eigenvalue weighted by Gasteiger charge is 2.57. The third-order valence-electron chi connectivity index (χ3n) is 6.26. The van der Waals surface area contributed by atoms with E-state index >= 15 is 0 Å². The predicted octanol–water partition coefficient (Wildman–Crippen LogP) is 4.01. The van der Waals surface area contributed by atoms with E-state index in [9.17, 15) is 0 Å². The molecule has 2 aromatic rings. The van der Waals surface area contributed by atoms with Gasteiger partial charge in [-0.15, -0.1) is 0 Å². The first-order valence-electron chi connectivity index (χ1n) is 9.61. The molecule has 0 radical (unpaired) electrons. The molecule has 1 aliphatic carbocycles. The zero-order chi connectivity index (χ0) is 16.7. The maximum Gasteiger partial charge on any atom is 0.230 e. The van der Waals surface area contributed by atoms with Crippen LogP contribution >= 0.6 is 0 Å². The van der Waals surface area contributed by atoms with Crippen LogP contribution in [0.1, 0.15) is 50.3 Å². The van der Waals surface area contributed by atoms with Gasteiger partial charge in [0.25, 0.3) is 0 Å². The number of anilines is 1. The van der Waals surface area contributed by atoms with Gasteiger partial charge in [0.05, 0.1) is 0 Å². The van der Waals surface area contributed by atoms with Gasteiger partial charge in [-0.1, -0.05) is 5.16 Å². The SMILES string of the molecule is c1cc(N2CCCCC2)ccc1-c1noc(C2CC23CCOCC3)n1. The van der Waals surface area contributed by atoms with Crippen molar-refractivity contribution in [3.63, 3.8) is 0 Å². The quantitative estimate of drug-likeness (QED) is 0.845. The Morgan fingerprint density at radius 3 is 2.52 bits per heavy atom. The zero-order valence-electron chi connectivity index (χ0n) is 14.6. The topological polar surface area (TPSA) is 51.4 Å². The molecule has 5 nitrogen and oxygen atoms in total. The molecule has 1 unspecified atom stereocenters. The van der Waals surface area contributed by atoms with Crippen molar-refractivity contribution in [1.29, 1.82) is 0 Å². The van der Waals surface area contributed by atoms with Crippen molar-refractivity contribution in [2.24, 2.45) is 5.41 Å². The van der Waals surface area contributed by atoms with Crippen LogP contribution in [0, 0.1) is 5.41 Å². The first-order valence-corrected chi connectivity index (χ1v) is 9.61. The first-order chi connectivity index (χ1) is 12.3. The van der Waals surface area contributed by atoms with Crippen LogP contribution in [-0.4, -0.2) is 36.4 Å². The second-order valence-corrected chi connectivity index (χ2v) is 7.78. The Bertz CT molecular complexity index is 728. The van der Waals surface area contributed by atoms with Gasteiger partial charge in [-0.05, 0) is 68.2 Å². The molecule has 5 rings (SSSR count). The molecule has 25 heavy (non-hydrogen) atoms. The lowest BCUT2D eigenvalue weighted by Gasteiger charge is -2.28. The van der Waals surface area contributed by atoms with E-state index < -0.39 is 0 Å². The molecule has 2 aliphatic heterocycles. The van der Waals surface area contributed by atoms with Crippen LogP contribution in [0.25, 0.3) is 11.4 Å². The van der Waals surface area contributed by atoms with Crippen molar-refractivity contribution < 1.29 is 9.26 Å². The summed E-state index contributed by atoms with van der Waals surface area (Å²) in [6, 6.07) is 8.62. The Labute approximate surface area is 148 Å². The minimum Gasteiger partial charge on any atom is -0.381 e. The van der Waals surface area contributed by atoms with E-state index in [2.05, 4.69) is 34.3 Å². The van der Waals surface area contributed by atoms with Gasteiger partial charge in [-0.2, -0.15) is 4.98 Å². The standard InChI is InChI=1S/C20H25N3O2/c1-2-10-23(11-3-1)16-6-4-15(5-7-16)18-21-19(25-22-18)17-14-20(17)8-12-24-13-9-20/h4-7,17H,1-3,8-14H2. The molecule has 1 spiro atoms. The number of hydrogen-bond acceptors (Lipinski definition) is 5. The van der Waals surface area contributed by atoms with Gasteiger partial charge in [-0.3, -0.25) is 0 Å². The van der Waals surface area contributed by atoms with E-state index in [0.29, 0.717) is 17.2 Å². The molecule has 1 aromatic heterocycles. The lowest BCUT2D eigenvalue weighted by molar-refractivity contribution is 0.0544. The molecule has 0 amide bonds. The van der Waals surface area contributed by atoms with Crippen LogP contribution in [0.5, 0.6) is 0 Å². The van der Waals surface area contributed by atoms with Crippen molar-refractivity contribution in [3.05, 3.63) is 30.2 Å². The lowest BCUT2D eigenvalue weighted by Crippen LogP contribution is -2.29. The van der Waals surface area contributed by atoms with E-state index in [1.165, 1.54) is 44.5 Å². The Kier molecular flexibility index (Phi) is 3.77. The number of benzene rings is 1. The number of nitrogens with zero attached hydrogens (tertiary/aromatic N) is 3. The number of aromatic nitrogens is 2. The number of rotatable bonds is 3. The highest BCUT2D eigenvalue weighted by atomic mass is 16.5. The highest BCUT2D eigenvalue weighted by Crippen LogP contribution is 2.64. The van der Waals surface area contributed by atoms with Gasteiger partial charge < -0.3 is 14.2 Å². The van der Waals surface area contributed by atoms with Crippen molar-refractivity contribution >= 4 is 5.69 Å². The highest BCUT2D eigenvalue weighted by molar-refractivity contribution is 5.60. The number of ether oxygens (including phenoxy) is 1. The summed E-state index contributed by atoms with van der Waals surface area (Å²) in [5, 5.41) is 4.24. The number of piperidine rings is 1. The number of hydrogen-bond donors (Lipinski definition) is 0. The third-order valence-corrected chi connectivity index (χ3v) is 6.26. The van der Waals surface area contributed by atoms with Crippen LogP contribution in [0.3, 0.4) is 0 Å². The van der Waals surface area contributed by atoms with Gasteiger partial charge >= 0.3 is 0 Å². The molecule has 3 aliphatic rings. The molecule has 0 bridgehead atoms. The Balaban J connectivity index is 1.30. The third kappa shape index (κ3) is 2.84. The largest absolute Gasteiger partial charge is 0.381 e. The summed E-state index contributed by atoms with van der Waals surface area (Å²) in [5.74, 6) is 1.97. The van der Waals surface area contributed by atoms with E-state index in [4.69, 9.17) is 14.2 Å². The van der Waals surface area contributed by atoms with E-state index in [1.54, 1.807) is 0 Å². The predicted molar refractivity (Wildman–Crippen MR) is 95.6 cm³/mol. The van der Waals surface area contributed by atoms with Crippen molar-refractivity contribution in [3.8, 4) is 11.4 Å². The molecule has 3 fully saturated rings. The molecule has 2 saturated heterocycles. The second kappa shape index (κ2) is 6.13. The van der Waals surface area contributed by atoms with Gasteiger partial charge in [0.1, 0.15) is 0 Å². The zero-order valence-corrected chi connectivity index (χ0v) is 14.6. The minimum absolute atomic E-state index is 0.375. The Hall–Kier alpha value is -1.88. The van der Waals surface area contributed by atoms with E-state index in [1.807, 2.05) is 0 Å². The summed E-state index contributed by atoms with van der Waals surface area (Å²) in [6.45, 7) is 4.07. The average Bonchev–Trinajstić information content (AvgIpc) is 3.15.